The van der Waals surface area contributed by atoms with E-state index in [2.05, 4.69) is 25.3 Å². The molecule has 15 heavy (non-hydrogen) atoms. The highest BCUT2D eigenvalue weighted by Crippen LogP contribution is 2.15. The first-order chi connectivity index (χ1) is 7.45. The summed E-state index contributed by atoms with van der Waals surface area (Å²) in [6, 6.07) is 0. The van der Waals surface area contributed by atoms with Crippen LogP contribution < -0.4 is 10.2 Å². The number of piperazine rings is 1. The second-order valence-corrected chi connectivity index (χ2v) is 3.52. The van der Waals surface area contributed by atoms with Gasteiger partial charge in [-0.25, -0.2) is 14.5 Å². The van der Waals surface area contributed by atoms with Crippen LogP contribution in [0.2, 0.25) is 0 Å². The molecule has 0 saturated carbocycles. The molecule has 1 aliphatic rings. The van der Waals surface area contributed by atoms with Crippen LogP contribution in [0.4, 0.5) is 5.82 Å². The number of anilines is 1. The van der Waals surface area contributed by atoms with E-state index in [1.165, 1.54) is 0 Å². The molecule has 3 heterocycles. The van der Waals surface area contributed by atoms with Crippen molar-refractivity contribution < 1.29 is 0 Å². The monoisotopic (exact) mass is 204 g/mol. The zero-order valence-corrected chi connectivity index (χ0v) is 8.30. The minimum atomic E-state index is 0.833. The predicted molar refractivity (Wildman–Crippen MR) is 55.9 cm³/mol. The molecule has 0 aliphatic carbocycles. The summed E-state index contributed by atoms with van der Waals surface area (Å²) in [5.74, 6) is 0.927. The fraction of sp³-hybridized carbons (Fsp3) is 0.444. The first kappa shape index (κ1) is 8.60. The number of rotatable bonds is 1. The van der Waals surface area contributed by atoms with Crippen molar-refractivity contribution in [3.05, 3.63) is 18.7 Å². The SMILES string of the molecule is c1cn2ncnc2c(N2CCNCC2)n1. The van der Waals surface area contributed by atoms with E-state index in [9.17, 15) is 0 Å². The lowest BCUT2D eigenvalue weighted by Gasteiger charge is -2.28. The van der Waals surface area contributed by atoms with Crippen LogP contribution in [0.25, 0.3) is 5.65 Å². The minimum Gasteiger partial charge on any atom is -0.351 e. The zero-order valence-electron chi connectivity index (χ0n) is 8.30. The van der Waals surface area contributed by atoms with E-state index in [-0.39, 0.29) is 0 Å². The van der Waals surface area contributed by atoms with Crippen LogP contribution in [0, 0.1) is 0 Å². The Morgan fingerprint density at radius 3 is 2.93 bits per heavy atom. The van der Waals surface area contributed by atoms with Gasteiger partial charge in [0.15, 0.2) is 11.5 Å². The quantitative estimate of drug-likeness (QED) is 0.680. The normalized spacial score (nSPS) is 17.2. The molecule has 1 saturated heterocycles. The van der Waals surface area contributed by atoms with Crippen LogP contribution in [0.1, 0.15) is 0 Å². The van der Waals surface area contributed by atoms with Crippen LogP contribution in [0.5, 0.6) is 0 Å². The van der Waals surface area contributed by atoms with Gasteiger partial charge in [0.25, 0.3) is 0 Å². The summed E-state index contributed by atoms with van der Waals surface area (Å²) in [6.45, 7) is 3.94. The molecule has 0 amide bonds. The van der Waals surface area contributed by atoms with Crippen molar-refractivity contribution in [2.75, 3.05) is 31.1 Å². The smallest absolute Gasteiger partial charge is 0.198 e. The van der Waals surface area contributed by atoms with Gasteiger partial charge in [0.05, 0.1) is 0 Å². The van der Waals surface area contributed by atoms with Gasteiger partial charge in [-0.15, -0.1) is 0 Å². The summed E-state index contributed by atoms with van der Waals surface area (Å²) >= 11 is 0. The van der Waals surface area contributed by atoms with Gasteiger partial charge in [-0.3, -0.25) is 0 Å². The van der Waals surface area contributed by atoms with E-state index in [0.717, 1.165) is 37.6 Å². The van der Waals surface area contributed by atoms with Crippen molar-refractivity contribution in [1.82, 2.24) is 24.9 Å². The highest BCUT2D eigenvalue weighted by Gasteiger charge is 2.15. The molecule has 0 spiro atoms. The molecule has 1 fully saturated rings. The molecule has 3 rings (SSSR count). The Hall–Kier alpha value is -1.69. The molecule has 0 atom stereocenters. The molecule has 1 aliphatic heterocycles. The highest BCUT2D eigenvalue weighted by atomic mass is 15.3. The van der Waals surface area contributed by atoms with Gasteiger partial charge in [0.1, 0.15) is 6.33 Å². The van der Waals surface area contributed by atoms with Crippen molar-refractivity contribution >= 4 is 11.5 Å². The van der Waals surface area contributed by atoms with Crippen molar-refractivity contribution in [2.45, 2.75) is 0 Å². The van der Waals surface area contributed by atoms with Crippen molar-refractivity contribution in [1.29, 1.82) is 0 Å². The summed E-state index contributed by atoms with van der Waals surface area (Å²) in [6.07, 6.45) is 5.13. The van der Waals surface area contributed by atoms with Gasteiger partial charge in [0, 0.05) is 38.6 Å². The van der Waals surface area contributed by atoms with Crippen molar-refractivity contribution in [3.8, 4) is 0 Å². The molecule has 0 bridgehead atoms. The Morgan fingerprint density at radius 1 is 1.20 bits per heavy atom. The lowest BCUT2D eigenvalue weighted by molar-refractivity contribution is 0.585. The molecule has 0 aromatic carbocycles. The Bertz CT molecular complexity index is 458. The number of fused-ring (bicyclic) bond motifs is 1. The third-order valence-corrected chi connectivity index (χ3v) is 2.59. The Morgan fingerprint density at radius 2 is 2.07 bits per heavy atom. The van der Waals surface area contributed by atoms with Crippen LogP contribution in [-0.4, -0.2) is 45.8 Å². The maximum atomic E-state index is 4.38. The molecule has 6 nitrogen and oxygen atoms in total. The number of nitrogens with one attached hydrogen (secondary N) is 1. The summed E-state index contributed by atoms with van der Waals surface area (Å²) in [4.78, 5) is 10.8. The standard InChI is InChI=1S/C9H12N6/c1-4-14(5-2-10-1)8-9-12-7-13-15(9)6-3-11-8/h3,6-7,10H,1-2,4-5H2. The minimum absolute atomic E-state index is 0.833. The highest BCUT2D eigenvalue weighted by molar-refractivity contribution is 5.63. The van der Waals surface area contributed by atoms with Gasteiger partial charge in [0.2, 0.25) is 0 Å². The summed E-state index contributed by atoms with van der Waals surface area (Å²) in [5.41, 5.74) is 0.833. The second kappa shape index (κ2) is 3.47. The average molecular weight is 204 g/mol. The molecular weight excluding hydrogens is 192 g/mol. The van der Waals surface area contributed by atoms with Crippen LogP contribution in [0.3, 0.4) is 0 Å². The number of hydrogen-bond acceptors (Lipinski definition) is 5. The summed E-state index contributed by atoms with van der Waals surface area (Å²) in [5, 5.41) is 7.41. The molecule has 1 N–H and O–H groups in total. The van der Waals surface area contributed by atoms with E-state index >= 15 is 0 Å². The van der Waals surface area contributed by atoms with E-state index in [1.54, 1.807) is 17.0 Å². The Labute approximate surface area is 86.9 Å². The van der Waals surface area contributed by atoms with Gasteiger partial charge in [-0.1, -0.05) is 0 Å². The summed E-state index contributed by atoms with van der Waals surface area (Å²) in [7, 11) is 0. The van der Waals surface area contributed by atoms with Gasteiger partial charge in [-0.2, -0.15) is 5.10 Å². The predicted octanol–water partition coefficient (Wildman–Crippen LogP) is -0.466. The first-order valence-electron chi connectivity index (χ1n) is 5.05. The van der Waals surface area contributed by atoms with E-state index < -0.39 is 0 Å². The molecule has 0 radical (unpaired) electrons. The molecular formula is C9H12N6. The molecule has 0 unspecified atom stereocenters. The van der Waals surface area contributed by atoms with E-state index in [0.29, 0.717) is 0 Å². The largest absolute Gasteiger partial charge is 0.351 e. The van der Waals surface area contributed by atoms with E-state index in [4.69, 9.17) is 0 Å². The fourth-order valence-corrected chi connectivity index (χ4v) is 1.84. The molecule has 2 aromatic heterocycles. The average Bonchev–Trinajstić information content (AvgIpc) is 2.78. The second-order valence-electron chi connectivity index (χ2n) is 3.52. The fourth-order valence-electron chi connectivity index (χ4n) is 1.84. The van der Waals surface area contributed by atoms with Crippen LogP contribution in [0.15, 0.2) is 18.7 Å². The molecule has 2 aromatic rings. The first-order valence-corrected chi connectivity index (χ1v) is 5.05. The number of hydrogen-bond donors (Lipinski definition) is 1. The van der Waals surface area contributed by atoms with Gasteiger partial charge in [-0.05, 0) is 0 Å². The third-order valence-electron chi connectivity index (χ3n) is 2.59. The lowest BCUT2D eigenvalue weighted by Crippen LogP contribution is -2.44. The summed E-state index contributed by atoms with van der Waals surface area (Å²) < 4.78 is 1.75. The van der Waals surface area contributed by atoms with Crippen molar-refractivity contribution in [3.63, 3.8) is 0 Å². The van der Waals surface area contributed by atoms with Gasteiger partial charge >= 0.3 is 0 Å². The zero-order chi connectivity index (χ0) is 10.1. The topological polar surface area (TPSA) is 58.4 Å². The maximum Gasteiger partial charge on any atom is 0.198 e. The Kier molecular flexibility index (Phi) is 1.99. The van der Waals surface area contributed by atoms with Crippen molar-refractivity contribution in [2.24, 2.45) is 0 Å². The number of aromatic nitrogens is 4. The van der Waals surface area contributed by atoms with Crippen LogP contribution >= 0.6 is 0 Å². The van der Waals surface area contributed by atoms with Crippen LogP contribution in [-0.2, 0) is 0 Å². The maximum absolute atomic E-state index is 4.38. The molecule has 6 heteroatoms. The third kappa shape index (κ3) is 1.42. The van der Waals surface area contributed by atoms with E-state index in [1.807, 2.05) is 6.20 Å². The lowest BCUT2D eigenvalue weighted by atomic mass is 10.3. The van der Waals surface area contributed by atoms with Gasteiger partial charge < -0.3 is 10.2 Å². The Balaban J connectivity index is 2.05. The number of nitrogens with zero attached hydrogens (tertiary/aromatic N) is 5. The molecule has 78 valence electrons.